The predicted octanol–water partition coefficient (Wildman–Crippen LogP) is 1.64. The molecule has 2 N–H and O–H groups in total. The molecule has 0 aliphatic heterocycles. The Bertz CT molecular complexity index is 515. The maximum Gasteiger partial charge on any atom is 0.245 e. The molecule has 0 saturated carbocycles. The first-order valence-electron chi connectivity index (χ1n) is 5.55. The van der Waals surface area contributed by atoms with Gasteiger partial charge in [-0.25, -0.2) is 13.4 Å². The zero-order chi connectivity index (χ0) is 14.0. The molecule has 0 amide bonds. The Morgan fingerprint density at radius 1 is 1.44 bits per heavy atom. The predicted molar refractivity (Wildman–Crippen MR) is 72.5 cm³/mol. The summed E-state index contributed by atoms with van der Waals surface area (Å²) >= 11 is 0. The molecule has 1 heterocycles. The van der Waals surface area contributed by atoms with Crippen LogP contribution < -0.4 is 5.73 Å². The summed E-state index contributed by atoms with van der Waals surface area (Å²) in [5.41, 5.74) is 4.92. The Balaban J connectivity index is 3.25. The minimum absolute atomic E-state index is 0.133. The van der Waals surface area contributed by atoms with Gasteiger partial charge in [-0.3, -0.25) is 0 Å². The smallest absolute Gasteiger partial charge is 0.245 e. The van der Waals surface area contributed by atoms with Crippen molar-refractivity contribution >= 4 is 15.8 Å². The molecule has 100 valence electrons. The number of pyridine rings is 1. The van der Waals surface area contributed by atoms with Crippen LogP contribution in [0.25, 0.3) is 0 Å². The van der Waals surface area contributed by atoms with Gasteiger partial charge in [-0.15, -0.1) is 6.58 Å². The van der Waals surface area contributed by atoms with Crippen LogP contribution in [0.2, 0.25) is 0 Å². The molecule has 0 aromatic carbocycles. The third kappa shape index (κ3) is 3.08. The highest BCUT2D eigenvalue weighted by Gasteiger charge is 2.33. The van der Waals surface area contributed by atoms with E-state index in [9.17, 15) is 8.42 Å². The van der Waals surface area contributed by atoms with Gasteiger partial charge in [-0.05, 0) is 32.9 Å². The number of nitrogens with zero attached hydrogens (tertiary/aromatic N) is 2. The van der Waals surface area contributed by atoms with Crippen molar-refractivity contribution in [1.82, 2.24) is 9.29 Å². The first-order valence-corrected chi connectivity index (χ1v) is 6.99. The minimum atomic E-state index is -3.59. The van der Waals surface area contributed by atoms with E-state index in [-0.39, 0.29) is 11.4 Å². The van der Waals surface area contributed by atoms with E-state index in [1.165, 1.54) is 22.6 Å². The van der Waals surface area contributed by atoms with Crippen molar-refractivity contribution in [3.05, 3.63) is 31.0 Å². The third-order valence-corrected chi connectivity index (χ3v) is 4.50. The van der Waals surface area contributed by atoms with Gasteiger partial charge < -0.3 is 5.73 Å². The SMILES string of the molecule is C=CCN(C(C)(C)C)S(=O)(=O)c1ccc(N)nc1. The fourth-order valence-electron chi connectivity index (χ4n) is 1.52. The van der Waals surface area contributed by atoms with Crippen molar-refractivity contribution in [2.45, 2.75) is 31.2 Å². The van der Waals surface area contributed by atoms with E-state index in [2.05, 4.69) is 11.6 Å². The molecule has 0 atom stereocenters. The molecule has 1 aromatic heterocycles. The lowest BCUT2D eigenvalue weighted by Crippen LogP contribution is -2.45. The maximum atomic E-state index is 12.5. The first-order chi connectivity index (χ1) is 8.19. The highest BCUT2D eigenvalue weighted by Crippen LogP contribution is 2.24. The summed E-state index contributed by atoms with van der Waals surface area (Å²) in [7, 11) is -3.59. The van der Waals surface area contributed by atoms with Gasteiger partial charge in [0.2, 0.25) is 10.0 Å². The van der Waals surface area contributed by atoms with E-state index in [0.29, 0.717) is 5.82 Å². The second kappa shape index (κ2) is 5.07. The van der Waals surface area contributed by atoms with Crippen LogP contribution in [0.15, 0.2) is 35.9 Å². The molecule has 6 heteroatoms. The van der Waals surface area contributed by atoms with E-state index in [4.69, 9.17) is 5.73 Å². The van der Waals surface area contributed by atoms with E-state index in [0.717, 1.165) is 0 Å². The van der Waals surface area contributed by atoms with Gasteiger partial charge in [-0.2, -0.15) is 4.31 Å². The Hall–Kier alpha value is -1.40. The number of anilines is 1. The van der Waals surface area contributed by atoms with Crippen molar-refractivity contribution in [3.8, 4) is 0 Å². The molecule has 0 spiro atoms. The lowest BCUT2D eigenvalue weighted by atomic mass is 10.1. The zero-order valence-electron chi connectivity index (χ0n) is 10.9. The summed E-state index contributed by atoms with van der Waals surface area (Å²) < 4.78 is 26.3. The summed E-state index contributed by atoms with van der Waals surface area (Å²) in [4.78, 5) is 3.95. The van der Waals surface area contributed by atoms with Crippen molar-refractivity contribution in [2.24, 2.45) is 0 Å². The van der Waals surface area contributed by atoms with Crippen molar-refractivity contribution in [1.29, 1.82) is 0 Å². The molecule has 18 heavy (non-hydrogen) atoms. The number of nitrogen functional groups attached to an aromatic ring is 1. The van der Waals surface area contributed by atoms with E-state index in [1.54, 1.807) is 6.08 Å². The van der Waals surface area contributed by atoms with Crippen LogP contribution in [-0.4, -0.2) is 29.8 Å². The van der Waals surface area contributed by atoms with Crippen LogP contribution in [0.3, 0.4) is 0 Å². The molecule has 0 radical (unpaired) electrons. The summed E-state index contributed by atoms with van der Waals surface area (Å²) in [6.07, 6.45) is 2.83. The second-order valence-corrected chi connectivity index (χ2v) is 6.78. The summed E-state index contributed by atoms with van der Waals surface area (Å²) in [5.74, 6) is 0.292. The number of sulfonamides is 1. The summed E-state index contributed by atoms with van der Waals surface area (Å²) in [5, 5.41) is 0. The lowest BCUT2D eigenvalue weighted by Gasteiger charge is -2.33. The zero-order valence-corrected chi connectivity index (χ0v) is 11.7. The van der Waals surface area contributed by atoms with Crippen molar-refractivity contribution in [3.63, 3.8) is 0 Å². The van der Waals surface area contributed by atoms with Gasteiger partial charge in [0.15, 0.2) is 0 Å². The average molecular weight is 269 g/mol. The Kier molecular flexibility index (Phi) is 4.13. The highest BCUT2D eigenvalue weighted by atomic mass is 32.2. The minimum Gasteiger partial charge on any atom is -0.384 e. The number of hydrogen-bond acceptors (Lipinski definition) is 4. The first kappa shape index (κ1) is 14.7. The number of hydrogen-bond donors (Lipinski definition) is 1. The van der Waals surface area contributed by atoms with Crippen LogP contribution in [0.5, 0.6) is 0 Å². The normalized spacial score (nSPS) is 12.7. The van der Waals surface area contributed by atoms with Gasteiger partial charge in [0.25, 0.3) is 0 Å². The molecule has 5 nitrogen and oxygen atoms in total. The van der Waals surface area contributed by atoms with Crippen LogP contribution in [0.1, 0.15) is 20.8 Å². The van der Waals surface area contributed by atoms with Gasteiger partial charge in [-0.1, -0.05) is 6.08 Å². The molecule has 0 aliphatic carbocycles. The van der Waals surface area contributed by atoms with Crippen molar-refractivity contribution in [2.75, 3.05) is 12.3 Å². The lowest BCUT2D eigenvalue weighted by molar-refractivity contribution is 0.270. The molecule has 0 unspecified atom stereocenters. The number of aromatic nitrogens is 1. The number of nitrogens with two attached hydrogens (primary N) is 1. The van der Waals surface area contributed by atoms with E-state index >= 15 is 0 Å². The van der Waals surface area contributed by atoms with Gasteiger partial charge in [0.05, 0.1) is 0 Å². The standard InChI is InChI=1S/C12H19N3O2S/c1-5-8-15(12(2,3)4)18(16,17)10-6-7-11(13)14-9-10/h5-7,9H,1,8H2,2-4H3,(H2,13,14). The van der Waals surface area contributed by atoms with Crippen LogP contribution >= 0.6 is 0 Å². The monoisotopic (exact) mass is 269 g/mol. The van der Waals surface area contributed by atoms with Gasteiger partial charge >= 0.3 is 0 Å². The molecule has 1 aromatic rings. The van der Waals surface area contributed by atoms with Crippen molar-refractivity contribution < 1.29 is 8.42 Å². The van der Waals surface area contributed by atoms with Gasteiger partial charge in [0.1, 0.15) is 10.7 Å². The fraction of sp³-hybridized carbons (Fsp3) is 0.417. The van der Waals surface area contributed by atoms with Crippen LogP contribution in [-0.2, 0) is 10.0 Å². The summed E-state index contributed by atoms with van der Waals surface area (Å²) in [6.45, 7) is 9.34. The molecule has 0 bridgehead atoms. The maximum absolute atomic E-state index is 12.5. The van der Waals surface area contributed by atoms with E-state index < -0.39 is 15.6 Å². The molecule has 1 rings (SSSR count). The quantitative estimate of drug-likeness (QED) is 0.843. The largest absolute Gasteiger partial charge is 0.384 e. The Morgan fingerprint density at radius 2 is 2.06 bits per heavy atom. The number of rotatable bonds is 4. The van der Waals surface area contributed by atoms with E-state index in [1.807, 2.05) is 20.8 Å². The fourth-order valence-corrected chi connectivity index (χ4v) is 3.22. The Morgan fingerprint density at radius 3 is 2.44 bits per heavy atom. The van der Waals surface area contributed by atoms with Crippen LogP contribution in [0.4, 0.5) is 5.82 Å². The third-order valence-electron chi connectivity index (χ3n) is 2.39. The van der Waals surface area contributed by atoms with Gasteiger partial charge in [0, 0.05) is 18.3 Å². The molecule has 0 aliphatic rings. The summed E-state index contributed by atoms with van der Waals surface area (Å²) in [6, 6.07) is 2.93. The molecule has 0 fully saturated rings. The topological polar surface area (TPSA) is 76.3 Å². The Labute approximate surface area is 108 Å². The molecule has 0 saturated heterocycles. The second-order valence-electron chi connectivity index (χ2n) is 4.91. The molecular weight excluding hydrogens is 250 g/mol. The highest BCUT2D eigenvalue weighted by molar-refractivity contribution is 7.89. The average Bonchev–Trinajstić information content (AvgIpc) is 2.24. The molecular formula is C12H19N3O2S. The van der Waals surface area contributed by atoms with Crippen LogP contribution in [0, 0.1) is 0 Å².